The number of carbonyl (C=O) groups is 1. The van der Waals surface area contributed by atoms with E-state index in [0.717, 1.165) is 5.56 Å². The molecular weight excluding hydrogens is 325 g/mol. The molecule has 0 atom stereocenters. The van der Waals surface area contributed by atoms with Crippen LogP contribution in [0.15, 0.2) is 59.1 Å². The third kappa shape index (κ3) is 4.87. The molecule has 0 unspecified atom stereocenters. The largest absolute Gasteiger partial charge is 0.445 e. The summed E-state index contributed by atoms with van der Waals surface area (Å²) in [6.07, 6.45) is -0.142. The lowest BCUT2D eigenvalue weighted by molar-refractivity contribution is 0.139. The number of nitrogens with zero attached hydrogens (tertiary/aromatic N) is 2. The Labute approximate surface area is 143 Å². The van der Waals surface area contributed by atoms with Gasteiger partial charge in [-0.15, -0.1) is 0 Å². The number of alkyl carbamates (subject to hydrolysis) is 1. The summed E-state index contributed by atoms with van der Waals surface area (Å²) in [5.74, 6) is 0.426. The topological polar surface area (TPSA) is 77.3 Å². The van der Waals surface area contributed by atoms with E-state index in [1.165, 1.54) is 12.1 Å². The van der Waals surface area contributed by atoms with Crippen LogP contribution in [-0.4, -0.2) is 22.8 Å². The van der Waals surface area contributed by atoms with Gasteiger partial charge < -0.3 is 14.6 Å². The van der Waals surface area contributed by atoms with E-state index in [0.29, 0.717) is 30.2 Å². The van der Waals surface area contributed by atoms with Crippen LogP contribution in [-0.2, 0) is 17.8 Å². The first-order valence-corrected chi connectivity index (χ1v) is 7.74. The SMILES string of the molecule is O=C(NCCc1nc(-c2ccc(F)cc2)no1)OCc1ccccc1. The highest BCUT2D eigenvalue weighted by Crippen LogP contribution is 2.16. The highest BCUT2D eigenvalue weighted by atomic mass is 19.1. The summed E-state index contributed by atoms with van der Waals surface area (Å²) in [4.78, 5) is 15.8. The summed E-state index contributed by atoms with van der Waals surface area (Å²) in [5.41, 5.74) is 1.57. The number of rotatable bonds is 6. The van der Waals surface area contributed by atoms with Crippen LogP contribution in [0.2, 0.25) is 0 Å². The molecule has 0 spiro atoms. The molecule has 3 rings (SSSR count). The Kier molecular flexibility index (Phi) is 5.36. The summed E-state index contributed by atoms with van der Waals surface area (Å²) < 4.78 is 23.1. The molecule has 7 heteroatoms. The number of benzene rings is 2. The van der Waals surface area contributed by atoms with Crippen LogP contribution in [0.3, 0.4) is 0 Å². The molecule has 0 saturated carbocycles. The molecule has 0 saturated heterocycles. The molecule has 0 radical (unpaired) electrons. The molecule has 0 aliphatic heterocycles. The van der Waals surface area contributed by atoms with Crippen LogP contribution in [0.1, 0.15) is 11.5 Å². The predicted molar refractivity (Wildman–Crippen MR) is 88.0 cm³/mol. The van der Waals surface area contributed by atoms with Crippen LogP contribution in [0.4, 0.5) is 9.18 Å². The number of nitrogens with one attached hydrogen (secondary N) is 1. The van der Waals surface area contributed by atoms with E-state index in [-0.39, 0.29) is 12.4 Å². The first-order chi connectivity index (χ1) is 12.2. The molecule has 0 bridgehead atoms. The summed E-state index contributed by atoms with van der Waals surface area (Å²) in [6, 6.07) is 15.2. The molecule has 1 amide bonds. The van der Waals surface area contributed by atoms with Crippen LogP contribution >= 0.6 is 0 Å². The lowest BCUT2D eigenvalue weighted by Crippen LogP contribution is -2.26. The van der Waals surface area contributed by atoms with Gasteiger partial charge in [-0.05, 0) is 29.8 Å². The molecule has 6 nitrogen and oxygen atoms in total. The molecule has 1 N–H and O–H groups in total. The maximum absolute atomic E-state index is 12.9. The molecule has 0 fully saturated rings. The van der Waals surface area contributed by atoms with Crippen LogP contribution < -0.4 is 5.32 Å². The lowest BCUT2D eigenvalue weighted by Gasteiger charge is -2.05. The van der Waals surface area contributed by atoms with Gasteiger partial charge in [0.1, 0.15) is 12.4 Å². The van der Waals surface area contributed by atoms with Crippen molar-refractivity contribution in [3.63, 3.8) is 0 Å². The van der Waals surface area contributed by atoms with Gasteiger partial charge in [0.2, 0.25) is 11.7 Å². The highest BCUT2D eigenvalue weighted by molar-refractivity contribution is 5.67. The van der Waals surface area contributed by atoms with E-state index in [4.69, 9.17) is 9.26 Å². The van der Waals surface area contributed by atoms with Crippen molar-refractivity contribution in [3.8, 4) is 11.4 Å². The van der Waals surface area contributed by atoms with Gasteiger partial charge in [-0.25, -0.2) is 9.18 Å². The van der Waals surface area contributed by atoms with Crippen molar-refractivity contribution < 1.29 is 18.4 Å². The number of hydrogen-bond donors (Lipinski definition) is 1. The number of hydrogen-bond acceptors (Lipinski definition) is 5. The highest BCUT2D eigenvalue weighted by Gasteiger charge is 2.09. The quantitative estimate of drug-likeness (QED) is 0.744. The van der Waals surface area contributed by atoms with Gasteiger partial charge in [0.15, 0.2) is 0 Å². The number of ether oxygens (including phenoxy) is 1. The molecule has 0 aliphatic rings. The van der Waals surface area contributed by atoms with Crippen molar-refractivity contribution in [3.05, 3.63) is 71.9 Å². The molecule has 1 aromatic heterocycles. The second-order valence-electron chi connectivity index (χ2n) is 5.26. The zero-order chi connectivity index (χ0) is 17.5. The zero-order valence-corrected chi connectivity index (χ0v) is 13.3. The minimum absolute atomic E-state index is 0.210. The van der Waals surface area contributed by atoms with Crippen molar-refractivity contribution in [1.82, 2.24) is 15.5 Å². The maximum Gasteiger partial charge on any atom is 0.407 e. The van der Waals surface area contributed by atoms with Crippen molar-refractivity contribution in [1.29, 1.82) is 0 Å². The van der Waals surface area contributed by atoms with Gasteiger partial charge >= 0.3 is 6.09 Å². The number of halogens is 1. The van der Waals surface area contributed by atoms with E-state index < -0.39 is 6.09 Å². The van der Waals surface area contributed by atoms with E-state index in [9.17, 15) is 9.18 Å². The zero-order valence-electron chi connectivity index (χ0n) is 13.3. The van der Waals surface area contributed by atoms with Gasteiger partial charge in [-0.2, -0.15) is 4.98 Å². The molecule has 2 aromatic carbocycles. The Morgan fingerprint density at radius 2 is 1.88 bits per heavy atom. The van der Waals surface area contributed by atoms with Crippen molar-refractivity contribution in [2.45, 2.75) is 13.0 Å². The fourth-order valence-electron chi connectivity index (χ4n) is 2.12. The predicted octanol–water partition coefficient (Wildman–Crippen LogP) is 3.34. The third-order valence-electron chi connectivity index (χ3n) is 3.39. The molecular formula is C18H16FN3O3. The number of aromatic nitrogens is 2. The normalized spacial score (nSPS) is 10.4. The summed E-state index contributed by atoms with van der Waals surface area (Å²) in [5, 5.41) is 6.46. The van der Waals surface area contributed by atoms with E-state index in [2.05, 4.69) is 15.5 Å². The van der Waals surface area contributed by atoms with E-state index >= 15 is 0 Å². The Bertz CT molecular complexity index is 819. The second kappa shape index (κ2) is 8.05. The van der Waals surface area contributed by atoms with E-state index in [1.807, 2.05) is 30.3 Å². The third-order valence-corrected chi connectivity index (χ3v) is 3.39. The standard InChI is InChI=1S/C18H16FN3O3/c19-15-8-6-14(7-9-15)17-21-16(25-22-17)10-11-20-18(23)24-12-13-4-2-1-3-5-13/h1-9H,10-12H2,(H,20,23). The van der Waals surface area contributed by atoms with Gasteiger partial charge in [0.25, 0.3) is 0 Å². The Morgan fingerprint density at radius 1 is 1.12 bits per heavy atom. The minimum atomic E-state index is -0.512. The van der Waals surface area contributed by atoms with Crippen molar-refractivity contribution >= 4 is 6.09 Å². The fourth-order valence-corrected chi connectivity index (χ4v) is 2.12. The van der Waals surface area contributed by atoms with Gasteiger partial charge in [0.05, 0.1) is 0 Å². The summed E-state index contributed by atoms with van der Waals surface area (Å²) >= 11 is 0. The fraction of sp³-hybridized carbons (Fsp3) is 0.167. The Hall–Kier alpha value is -3.22. The smallest absolute Gasteiger partial charge is 0.407 e. The maximum atomic E-state index is 12.9. The molecule has 1 heterocycles. The second-order valence-corrected chi connectivity index (χ2v) is 5.26. The first-order valence-electron chi connectivity index (χ1n) is 7.74. The number of amides is 1. The van der Waals surface area contributed by atoms with Crippen LogP contribution in [0, 0.1) is 5.82 Å². The average molecular weight is 341 g/mol. The van der Waals surface area contributed by atoms with Gasteiger partial charge in [-0.3, -0.25) is 0 Å². The molecule has 0 aliphatic carbocycles. The average Bonchev–Trinajstić information content (AvgIpc) is 3.10. The minimum Gasteiger partial charge on any atom is -0.445 e. The molecule has 25 heavy (non-hydrogen) atoms. The van der Waals surface area contributed by atoms with Crippen molar-refractivity contribution in [2.75, 3.05) is 6.54 Å². The summed E-state index contributed by atoms with van der Waals surface area (Å²) in [7, 11) is 0. The van der Waals surface area contributed by atoms with Crippen LogP contribution in [0.5, 0.6) is 0 Å². The van der Waals surface area contributed by atoms with Crippen LogP contribution in [0.25, 0.3) is 11.4 Å². The number of carbonyl (C=O) groups excluding carboxylic acids is 1. The molecule has 3 aromatic rings. The molecule has 128 valence electrons. The van der Waals surface area contributed by atoms with E-state index in [1.54, 1.807) is 12.1 Å². The van der Waals surface area contributed by atoms with Crippen molar-refractivity contribution in [2.24, 2.45) is 0 Å². The van der Waals surface area contributed by atoms with Gasteiger partial charge in [-0.1, -0.05) is 35.5 Å². The Morgan fingerprint density at radius 3 is 2.64 bits per heavy atom. The first kappa shape index (κ1) is 16.6. The lowest BCUT2D eigenvalue weighted by atomic mass is 10.2. The monoisotopic (exact) mass is 341 g/mol. The van der Waals surface area contributed by atoms with Gasteiger partial charge in [0, 0.05) is 18.5 Å². The Balaban J connectivity index is 1.43. The summed E-state index contributed by atoms with van der Waals surface area (Å²) in [6.45, 7) is 0.515.